The Kier molecular flexibility index (Phi) is 3.87. The molecular weight excluding hydrogens is 198 g/mol. The first-order chi connectivity index (χ1) is 7.03. The number of rotatable bonds is 1. The smallest absolute Gasteiger partial charge is 0.129 e. The van der Waals surface area contributed by atoms with Crippen LogP contribution in [-0.4, -0.2) is 20.8 Å². The molecule has 1 rings (SSSR count). The first kappa shape index (κ1) is 11.7. The second-order valence-electron chi connectivity index (χ2n) is 4.44. The van der Waals surface area contributed by atoms with Crippen LogP contribution in [0.5, 0.6) is 0 Å². The fourth-order valence-corrected chi connectivity index (χ4v) is 1.59. The fourth-order valence-electron chi connectivity index (χ4n) is 1.10. The van der Waals surface area contributed by atoms with E-state index in [4.69, 9.17) is 0 Å². The Hall–Kier alpha value is -1.33. The maximum Gasteiger partial charge on any atom is 0.129 e. The zero-order valence-electron chi connectivity index (χ0n) is 9.83. The van der Waals surface area contributed by atoms with Crippen molar-refractivity contribution >= 4 is 13.8 Å². The van der Waals surface area contributed by atoms with Gasteiger partial charge in [0.2, 0.25) is 0 Å². The zero-order chi connectivity index (χ0) is 11.3. The third-order valence-corrected chi connectivity index (χ3v) is 2.70. The van der Waals surface area contributed by atoms with Gasteiger partial charge in [0.15, 0.2) is 0 Å². The van der Waals surface area contributed by atoms with Crippen LogP contribution in [-0.2, 0) is 0 Å². The second kappa shape index (κ2) is 4.95. The highest BCUT2D eigenvalue weighted by Gasteiger charge is 2.08. The van der Waals surface area contributed by atoms with Gasteiger partial charge in [0.1, 0.15) is 13.8 Å². The van der Waals surface area contributed by atoms with Gasteiger partial charge in [0.05, 0.1) is 0 Å². The van der Waals surface area contributed by atoms with Gasteiger partial charge in [-0.25, -0.2) is 0 Å². The van der Waals surface area contributed by atoms with Gasteiger partial charge >= 0.3 is 0 Å². The lowest BCUT2D eigenvalue weighted by Gasteiger charge is -2.04. The molecule has 1 aromatic carbocycles. The van der Waals surface area contributed by atoms with Crippen molar-refractivity contribution in [2.45, 2.75) is 19.6 Å². The summed E-state index contributed by atoms with van der Waals surface area (Å²) in [4.78, 5) is 4.23. The van der Waals surface area contributed by atoms with Gasteiger partial charge in [-0.1, -0.05) is 55.9 Å². The van der Waals surface area contributed by atoms with Gasteiger partial charge < -0.3 is 0 Å². The van der Waals surface area contributed by atoms with Crippen LogP contribution in [0.15, 0.2) is 35.3 Å². The summed E-state index contributed by atoms with van der Waals surface area (Å²) in [5.74, 6) is 3.19. The van der Waals surface area contributed by atoms with Crippen molar-refractivity contribution in [1.82, 2.24) is 0 Å². The minimum atomic E-state index is -1.31. The fraction of sp³-hybridized carbons (Fsp3) is 0.308. The van der Waals surface area contributed by atoms with Gasteiger partial charge in [0, 0.05) is 12.6 Å². The lowest BCUT2D eigenvalue weighted by atomic mass is 10.1. The molecule has 1 aromatic rings. The molecule has 0 aromatic heterocycles. The Labute approximate surface area is 93.3 Å². The minimum absolute atomic E-state index is 0.887. The van der Waals surface area contributed by atoms with Crippen molar-refractivity contribution in [2.24, 2.45) is 4.99 Å². The van der Waals surface area contributed by atoms with Crippen molar-refractivity contribution < 1.29 is 0 Å². The molecule has 0 spiro atoms. The lowest BCUT2D eigenvalue weighted by molar-refractivity contribution is 1.44. The standard InChI is InChI=1S/C13H17NSi/c1-14-13(10-11-15(2,3)4)12-8-6-5-7-9-12/h5-9H,1-4H3. The maximum atomic E-state index is 4.23. The Bertz CT molecular complexity index is 402. The normalized spacial score (nSPS) is 11.9. The Balaban J connectivity index is 2.97. The molecule has 0 amide bonds. The van der Waals surface area contributed by atoms with Gasteiger partial charge in [0.25, 0.3) is 0 Å². The molecule has 0 saturated carbocycles. The molecule has 0 fully saturated rings. The third kappa shape index (κ3) is 4.14. The molecule has 0 heterocycles. The first-order valence-corrected chi connectivity index (χ1v) is 8.58. The Morgan fingerprint density at radius 1 is 1.13 bits per heavy atom. The van der Waals surface area contributed by atoms with Gasteiger partial charge in [-0.2, -0.15) is 0 Å². The summed E-state index contributed by atoms with van der Waals surface area (Å²) >= 11 is 0. The second-order valence-corrected chi connectivity index (χ2v) is 9.19. The van der Waals surface area contributed by atoms with Crippen LogP contribution in [0.25, 0.3) is 0 Å². The summed E-state index contributed by atoms with van der Waals surface area (Å²) in [5.41, 5.74) is 5.32. The van der Waals surface area contributed by atoms with Crippen molar-refractivity contribution in [3.05, 3.63) is 35.9 Å². The van der Waals surface area contributed by atoms with Gasteiger partial charge in [-0.3, -0.25) is 4.99 Å². The molecule has 0 bridgehead atoms. The van der Waals surface area contributed by atoms with Crippen molar-refractivity contribution in [3.8, 4) is 11.5 Å². The van der Waals surface area contributed by atoms with E-state index in [2.05, 4.69) is 36.1 Å². The van der Waals surface area contributed by atoms with E-state index >= 15 is 0 Å². The Morgan fingerprint density at radius 2 is 1.73 bits per heavy atom. The summed E-state index contributed by atoms with van der Waals surface area (Å²) in [5, 5.41) is 0. The molecule has 0 unspecified atom stereocenters. The van der Waals surface area contributed by atoms with Crippen molar-refractivity contribution in [1.29, 1.82) is 0 Å². The largest absolute Gasteiger partial charge is 0.279 e. The number of benzene rings is 1. The predicted octanol–water partition coefficient (Wildman–Crippen LogP) is 2.99. The van der Waals surface area contributed by atoms with Crippen molar-refractivity contribution in [3.63, 3.8) is 0 Å². The summed E-state index contributed by atoms with van der Waals surface area (Å²) in [6.45, 7) is 6.70. The van der Waals surface area contributed by atoms with Crippen LogP contribution in [0.1, 0.15) is 5.56 Å². The average molecular weight is 215 g/mol. The molecule has 0 N–H and O–H groups in total. The molecule has 0 aliphatic rings. The monoisotopic (exact) mass is 215 g/mol. The molecule has 78 valence electrons. The summed E-state index contributed by atoms with van der Waals surface area (Å²) < 4.78 is 0. The number of nitrogens with zero attached hydrogens (tertiary/aromatic N) is 1. The molecule has 0 aliphatic heterocycles. The van der Waals surface area contributed by atoms with Crippen LogP contribution in [0.3, 0.4) is 0 Å². The van der Waals surface area contributed by atoms with Gasteiger partial charge in [-0.05, 0) is 0 Å². The average Bonchev–Trinajstić information content (AvgIpc) is 2.19. The van der Waals surface area contributed by atoms with E-state index in [0.717, 1.165) is 11.3 Å². The van der Waals surface area contributed by atoms with E-state index in [1.807, 2.05) is 30.3 Å². The van der Waals surface area contributed by atoms with E-state index in [9.17, 15) is 0 Å². The highest BCUT2D eigenvalue weighted by Crippen LogP contribution is 2.02. The number of hydrogen-bond acceptors (Lipinski definition) is 1. The summed E-state index contributed by atoms with van der Waals surface area (Å²) in [7, 11) is 0.482. The van der Waals surface area contributed by atoms with E-state index in [0.29, 0.717) is 0 Å². The highest BCUT2D eigenvalue weighted by atomic mass is 28.3. The topological polar surface area (TPSA) is 12.4 Å². The summed E-state index contributed by atoms with van der Waals surface area (Å²) in [6.07, 6.45) is 0. The SMILES string of the molecule is CN=C(C#C[Si](C)(C)C)c1ccccc1. The van der Waals surface area contributed by atoms with Crippen LogP contribution in [0, 0.1) is 11.5 Å². The molecule has 0 aliphatic carbocycles. The molecule has 0 radical (unpaired) electrons. The quantitative estimate of drug-likeness (QED) is 0.388. The van der Waals surface area contributed by atoms with E-state index in [1.165, 1.54) is 0 Å². The van der Waals surface area contributed by atoms with Crippen molar-refractivity contribution in [2.75, 3.05) is 7.05 Å². The molecule has 15 heavy (non-hydrogen) atoms. The number of hydrogen-bond donors (Lipinski definition) is 0. The van der Waals surface area contributed by atoms with Gasteiger partial charge in [-0.15, -0.1) is 5.54 Å². The molecule has 1 nitrogen and oxygen atoms in total. The number of aliphatic imine (C=N–C) groups is 1. The predicted molar refractivity (Wildman–Crippen MR) is 70.0 cm³/mol. The maximum absolute atomic E-state index is 4.23. The highest BCUT2D eigenvalue weighted by molar-refractivity contribution is 6.84. The van der Waals surface area contributed by atoms with Crippen LogP contribution in [0.2, 0.25) is 19.6 Å². The third-order valence-electron chi connectivity index (χ3n) is 1.83. The minimum Gasteiger partial charge on any atom is -0.279 e. The van der Waals surface area contributed by atoms with Crippen LogP contribution < -0.4 is 0 Å². The zero-order valence-corrected chi connectivity index (χ0v) is 10.8. The Morgan fingerprint density at radius 3 is 2.20 bits per heavy atom. The van der Waals surface area contributed by atoms with Crippen LogP contribution >= 0.6 is 0 Å². The molecule has 2 heteroatoms. The van der Waals surface area contributed by atoms with Crippen LogP contribution in [0.4, 0.5) is 0 Å². The van der Waals surface area contributed by atoms with E-state index < -0.39 is 8.07 Å². The van der Waals surface area contributed by atoms with E-state index in [-0.39, 0.29) is 0 Å². The lowest BCUT2D eigenvalue weighted by Crippen LogP contribution is -2.17. The molecule has 0 atom stereocenters. The molecule has 0 saturated heterocycles. The first-order valence-electron chi connectivity index (χ1n) is 5.08. The summed E-state index contributed by atoms with van der Waals surface area (Å²) in [6, 6.07) is 10.1. The van der Waals surface area contributed by atoms with E-state index in [1.54, 1.807) is 7.05 Å². The molecular formula is C13H17NSi.